The summed E-state index contributed by atoms with van der Waals surface area (Å²) in [6, 6.07) is 3.87. The van der Waals surface area contributed by atoms with Gasteiger partial charge in [-0.05, 0) is 37.5 Å². The maximum Gasteiger partial charge on any atom is 0.228 e. The Hall–Kier alpha value is -2.34. The van der Waals surface area contributed by atoms with E-state index in [2.05, 4.69) is 14.9 Å². The Morgan fingerprint density at radius 3 is 2.93 bits per heavy atom. The summed E-state index contributed by atoms with van der Waals surface area (Å²) in [5.41, 5.74) is 5.01. The zero-order valence-corrected chi connectivity index (χ0v) is 16.6. The summed E-state index contributed by atoms with van der Waals surface area (Å²) >= 11 is 6.34. The molecule has 6 nitrogen and oxygen atoms in total. The number of halogens is 1. The maximum absolute atomic E-state index is 13.1. The first-order valence-corrected chi connectivity index (χ1v) is 9.54. The summed E-state index contributed by atoms with van der Waals surface area (Å²) in [6.07, 6.45) is 2.59. The molecule has 0 aromatic carbocycles. The number of aryl methyl sites for hydroxylation is 1. The number of hydrogen-bond donors (Lipinski definition) is 0. The van der Waals surface area contributed by atoms with Crippen LogP contribution in [0.3, 0.4) is 0 Å². The van der Waals surface area contributed by atoms with E-state index >= 15 is 0 Å². The molecule has 142 valence electrons. The normalized spacial score (nSPS) is 18.7. The monoisotopic (exact) mass is 386 g/mol. The van der Waals surface area contributed by atoms with E-state index in [0.717, 1.165) is 41.2 Å². The first-order chi connectivity index (χ1) is 13.0. The number of rotatable bonds is 3. The maximum atomic E-state index is 13.1. The SMILES string of the molecule is COc1cc(N2CCC(C(=O)N3Cc4nc(C)c(Cl)c(C)c4C3)C2)ccn1. The van der Waals surface area contributed by atoms with Crippen LogP contribution < -0.4 is 9.64 Å². The van der Waals surface area contributed by atoms with E-state index in [1.54, 1.807) is 13.3 Å². The second kappa shape index (κ2) is 7.00. The molecule has 1 atom stereocenters. The zero-order chi connectivity index (χ0) is 19.1. The van der Waals surface area contributed by atoms with Crippen molar-refractivity contribution >= 4 is 23.2 Å². The molecule has 0 bridgehead atoms. The van der Waals surface area contributed by atoms with E-state index in [9.17, 15) is 4.79 Å². The number of aromatic nitrogens is 2. The van der Waals surface area contributed by atoms with E-state index in [1.807, 2.05) is 30.9 Å². The number of carbonyl (C=O) groups is 1. The minimum atomic E-state index is -0.00431. The molecule has 1 saturated heterocycles. The minimum Gasteiger partial charge on any atom is -0.481 e. The van der Waals surface area contributed by atoms with Gasteiger partial charge in [-0.25, -0.2) is 4.98 Å². The average Bonchev–Trinajstić information content (AvgIpc) is 3.33. The average molecular weight is 387 g/mol. The molecular formula is C20H23ClN4O2. The van der Waals surface area contributed by atoms with Gasteiger partial charge in [0.2, 0.25) is 11.8 Å². The molecule has 1 amide bonds. The molecule has 2 aromatic heterocycles. The standard InChI is InChI=1S/C20H23ClN4O2/c1-12-16-10-25(11-17(16)23-13(2)19(12)21)20(26)14-5-7-24(9-14)15-4-6-22-18(8-15)27-3/h4,6,8,14H,5,7,9-11H2,1-3H3. The summed E-state index contributed by atoms with van der Waals surface area (Å²) in [7, 11) is 1.61. The predicted molar refractivity (Wildman–Crippen MR) is 104 cm³/mol. The zero-order valence-electron chi connectivity index (χ0n) is 15.8. The van der Waals surface area contributed by atoms with Gasteiger partial charge in [0.25, 0.3) is 0 Å². The Balaban J connectivity index is 1.46. The summed E-state index contributed by atoms with van der Waals surface area (Å²) < 4.78 is 5.21. The van der Waals surface area contributed by atoms with Crippen LogP contribution in [-0.4, -0.2) is 41.0 Å². The second-order valence-corrected chi connectivity index (χ2v) is 7.62. The van der Waals surface area contributed by atoms with Crippen LogP contribution >= 0.6 is 11.6 Å². The number of fused-ring (bicyclic) bond motifs is 1. The number of amides is 1. The van der Waals surface area contributed by atoms with Crippen LogP contribution in [0.25, 0.3) is 0 Å². The number of methoxy groups -OCH3 is 1. The highest BCUT2D eigenvalue weighted by Crippen LogP contribution is 2.33. The second-order valence-electron chi connectivity index (χ2n) is 7.24. The molecule has 2 aromatic rings. The van der Waals surface area contributed by atoms with Gasteiger partial charge in [-0.15, -0.1) is 0 Å². The molecule has 1 unspecified atom stereocenters. The van der Waals surface area contributed by atoms with Gasteiger partial charge in [-0.3, -0.25) is 9.78 Å². The van der Waals surface area contributed by atoms with Gasteiger partial charge in [0.15, 0.2) is 0 Å². The molecule has 27 heavy (non-hydrogen) atoms. The number of anilines is 1. The third-order valence-corrected chi connectivity index (χ3v) is 6.14. The molecule has 7 heteroatoms. The fourth-order valence-corrected chi connectivity index (χ4v) is 4.18. The van der Waals surface area contributed by atoms with Crippen molar-refractivity contribution in [2.75, 3.05) is 25.1 Å². The van der Waals surface area contributed by atoms with Crippen molar-refractivity contribution in [3.05, 3.63) is 45.9 Å². The van der Waals surface area contributed by atoms with Gasteiger partial charge in [-0.2, -0.15) is 0 Å². The largest absolute Gasteiger partial charge is 0.481 e. The molecule has 0 radical (unpaired) electrons. The Morgan fingerprint density at radius 2 is 2.15 bits per heavy atom. The van der Waals surface area contributed by atoms with Crippen LogP contribution in [0.5, 0.6) is 5.88 Å². The number of nitrogens with zero attached hydrogens (tertiary/aromatic N) is 4. The summed E-state index contributed by atoms with van der Waals surface area (Å²) in [6.45, 7) is 6.67. The first kappa shape index (κ1) is 18.0. The van der Waals surface area contributed by atoms with Crippen molar-refractivity contribution in [3.63, 3.8) is 0 Å². The van der Waals surface area contributed by atoms with E-state index in [-0.39, 0.29) is 11.8 Å². The lowest BCUT2D eigenvalue weighted by Crippen LogP contribution is -2.34. The molecule has 4 heterocycles. The first-order valence-electron chi connectivity index (χ1n) is 9.16. The van der Waals surface area contributed by atoms with Crippen molar-refractivity contribution in [1.82, 2.24) is 14.9 Å². The Bertz CT molecular complexity index is 902. The lowest BCUT2D eigenvalue weighted by Gasteiger charge is -2.21. The van der Waals surface area contributed by atoms with E-state index in [0.29, 0.717) is 30.5 Å². The minimum absolute atomic E-state index is 0.00431. The fourth-order valence-electron chi connectivity index (χ4n) is 4.03. The lowest BCUT2D eigenvalue weighted by atomic mass is 10.1. The van der Waals surface area contributed by atoms with Crippen LogP contribution in [0.1, 0.15) is 28.9 Å². The third kappa shape index (κ3) is 3.23. The molecule has 0 aliphatic carbocycles. The highest BCUT2D eigenvalue weighted by Gasteiger charge is 2.35. The summed E-state index contributed by atoms with van der Waals surface area (Å²) in [5.74, 6) is 0.783. The molecule has 2 aliphatic heterocycles. The van der Waals surface area contributed by atoms with Crippen LogP contribution in [0.2, 0.25) is 5.02 Å². The molecule has 0 saturated carbocycles. The topological polar surface area (TPSA) is 58.6 Å². The molecule has 4 rings (SSSR count). The van der Waals surface area contributed by atoms with Crippen LogP contribution in [0.4, 0.5) is 5.69 Å². The van der Waals surface area contributed by atoms with Crippen LogP contribution in [0.15, 0.2) is 18.3 Å². The quantitative estimate of drug-likeness (QED) is 0.811. The van der Waals surface area contributed by atoms with Gasteiger partial charge in [-0.1, -0.05) is 11.6 Å². The Kier molecular flexibility index (Phi) is 4.68. The van der Waals surface area contributed by atoms with E-state index in [4.69, 9.17) is 16.3 Å². The number of hydrogen-bond acceptors (Lipinski definition) is 5. The van der Waals surface area contributed by atoms with E-state index < -0.39 is 0 Å². The number of pyridine rings is 2. The highest BCUT2D eigenvalue weighted by atomic mass is 35.5. The Morgan fingerprint density at radius 1 is 1.33 bits per heavy atom. The molecule has 0 N–H and O–H groups in total. The van der Waals surface area contributed by atoms with Crippen molar-refractivity contribution < 1.29 is 9.53 Å². The smallest absolute Gasteiger partial charge is 0.228 e. The van der Waals surface area contributed by atoms with E-state index in [1.165, 1.54) is 0 Å². The predicted octanol–water partition coefficient (Wildman–Crippen LogP) is 3.12. The molecule has 2 aliphatic rings. The summed E-state index contributed by atoms with van der Waals surface area (Å²) in [4.78, 5) is 26.0. The molecular weight excluding hydrogens is 364 g/mol. The highest BCUT2D eigenvalue weighted by molar-refractivity contribution is 6.32. The van der Waals surface area contributed by atoms with Gasteiger partial charge < -0.3 is 14.5 Å². The van der Waals surface area contributed by atoms with Gasteiger partial charge in [0.05, 0.1) is 36.0 Å². The van der Waals surface area contributed by atoms with Gasteiger partial charge in [0, 0.05) is 37.6 Å². The molecule has 0 spiro atoms. The Labute approximate surface area is 164 Å². The summed E-state index contributed by atoms with van der Waals surface area (Å²) in [5, 5.41) is 0.710. The lowest BCUT2D eigenvalue weighted by molar-refractivity contribution is -0.135. The van der Waals surface area contributed by atoms with Gasteiger partial charge in [0.1, 0.15) is 0 Å². The van der Waals surface area contributed by atoms with Gasteiger partial charge >= 0.3 is 0 Å². The number of ether oxygens (including phenoxy) is 1. The van der Waals surface area contributed by atoms with Crippen LogP contribution in [-0.2, 0) is 17.9 Å². The van der Waals surface area contributed by atoms with Crippen LogP contribution in [0, 0.1) is 19.8 Å². The fraction of sp³-hybridized carbons (Fsp3) is 0.450. The van der Waals surface area contributed by atoms with Crippen molar-refractivity contribution in [2.24, 2.45) is 5.92 Å². The molecule has 1 fully saturated rings. The van der Waals surface area contributed by atoms with Crippen molar-refractivity contribution in [2.45, 2.75) is 33.4 Å². The number of carbonyl (C=O) groups excluding carboxylic acids is 1. The van der Waals surface area contributed by atoms with Crippen molar-refractivity contribution in [1.29, 1.82) is 0 Å². The third-order valence-electron chi connectivity index (χ3n) is 5.58. The van der Waals surface area contributed by atoms with Crippen molar-refractivity contribution in [3.8, 4) is 5.88 Å².